The monoisotopic (exact) mass is 197 g/mol. The van der Waals surface area contributed by atoms with Crippen LogP contribution < -0.4 is 0 Å². The molecule has 2 fully saturated rings. The highest BCUT2D eigenvalue weighted by molar-refractivity contribution is 5.85. The van der Waals surface area contributed by atoms with Gasteiger partial charge in [0, 0.05) is 18.2 Å². The minimum Gasteiger partial charge on any atom is -0.392 e. The molecule has 2 unspecified atom stereocenters. The van der Waals surface area contributed by atoms with E-state index in [0.29, 0.717) is 0 Å². The zero-order valence-electron chi connectivity index (χ0n) is 8.74. The Hall–Kier alpha value is -0.410. The van der Waals surface area contributed by atoms with Crippen molar-refractivity contribution < 1.29 is 10.2 Å². The van der Waals surface area contributed by atoms with E-state index >= 15 is 0 Å². The van der Waals surface area contributed by atoms with Gasteiger partial charge in [-0.3, -0.25) is 4.99 Å². The van der Waals surface area contributed by atoms with Crippen LogP contribution in [0.5, 0.6) is 0 Å². The Morgan fingerprint density at radius 3 is 2.07 bits per heavy atom. The molecular formula is C11H19NO2. The molecule has 80 valence electrons. The summed E-state index contributed by atoms with van der Waals surface area (Å²) in [6.45, 7) is 0. The first-order chi connectivity index (χ1) is 6.69. The maximum atomic E-state index is 9.93. The highest BCUT2D eigenvalue weighted by atomic mass is 16.3. The quantitative estimate of drug-likeness (QED) is 0.611. The first-order valence-electron chi connectivity index (χ1n) is 5.50. The highest BCUT2D eigenvalue weighted by Crippen LogP contribution is 2.48. The molecular weight excluding hydrogens is 178 g/mol. The van der Waals surface area contributed by atoms with Crippen molar-refractivity contribution in [3.8, 4) is 0 Å². The van der Waals surface area contributed by atoms with Crippen molar-refractivity contribution in [2.24, 2.45) is 10.4 Å². The predicted octanol–water partition coefficient (Wildman–Crippen LogP) is 1.13. The molecule has 14 heavy (non-hydrogen) atoms. The van der Waals surface area contributed by atoms with Crippen LogP contribution in [0.15, 0.2) is 4.99 Å². The molecule has 0 aromatic heterocycles. The number of rotatable bonds is 0. The summed E-state index contributed by atoms with van der Waals surface area (Å²) in [6.07, 6.45) is 4.64. The van der Waals surface area contributed by atoms with E-state index in [1.54, 1.807) is 0 Å². The molecule has 1 spiro atoms. The third-order valence-electron chi connectivity index (χ3n) is 4.12. The van der Waals surface area contributed by atoms with Crippen molar-refractivity contribution in [2.45, 2.75) is 50.7 Å². The molecule has 3 heteroatoms. The summed E-state index contributed by atoms with van der Waals surface area (Å²) >= 11 is 0. The molecule has 2 atom stereocenters. The fourth-order valence-electron chi connectivity index (χ4n) is 3.01. The molecule has 0 radical (unpaired) electrons. The summed E-state index contributed by atoms with van der Waals surface area (Å²) < 4.78 is 0. The lowest BCUT2D eigenvalue weighted by molar-refractivity contribution is -0.0374. The summed E-state index contributed by atoms with van der Waals surface area (Å²) in [4.78, 5) is 4.21. The summed E-state index contributed by atoms with van der Waals surface area (Å²) in [5.41, 5.74) is 1.04. The van der Waals surface area contributed by atoms with Crippen LogP contribution in [0.2, 0.25) is 0 Å². The van der Waals surface area contributed by atoms with Gasteiger partial charge < -0.3 is 10.2 Å². The minimum absolute atomic E-state index is 0.200. The Kier molecular flexibility index (Phi) is 2.62. The lowest BCUT2D eigenvalue weighted by Crippen LogP contribution is -2.42. The average Bonchev–Trinajstić information content (AvgIpc) is 2.49. The molecule has 2 aliphatic carbocycles. The minimum atomic E-state index is -0.295. The van der Waals surface area contributed by atoms with Crippen LogP contribution in [0.25, 0.3) is 0 Å². The summed E-state index contributed by atoms with van der Waals surface area (Å²) in [6, 6.07) is 0. The fraction of sp³-hybridized carbons (Fsp3) is 0.909. The molecule has 2 saturated carbocycles. The first kappa shape index (κ1) is 10.1. The van der Waals surface area contributed by atoms with Crippen LogP contribution >= 0.6 is 0 Å². The second kappa shape index (κ2) is 3.63. The van der Waals surface area contributed by atoms with Crippen molar-refractivity contribution in [2.75, 3.05) is 7.05 Å². The van der Waals surface area contributed by atoms with E-state index in [-0.39, 0.29) is 17.6 Å². The molecule has 0 aliphatic heterocycles. The largest absolute Gasteiger partial charge is 0.392 e. The number of hydrogen-bond acceptors (Lipinski definition) is 3. The van der Waals surface area contributed by atoms with Crippen LogP contribution in [0.3, 0.4) is 0 Å². The molecule has 2 aliphatic rings. The Labute approximate surface area is 84.9 Å². The maximum absolute atomic E-state index is 9.93. The molecule has 3 nitrogen and oxygen atoms in total. The Morgan fingerprint density at radius 2 is 1.64 bits per heavy atom. The highest BCUT2D eigenvalue weighted by Gasteiger charge is 2.49. The molecule has 2 N–H and O–H groups in total. The van der Waals surface area contributed by atoms with E-state index < -0.39 is 0 Å². The predicted molar refractivity (Wildman–Crippen MR) is 55.5 cm³/mol. The molecule has 0 aromatic rings. The van der Waals surface area contributed by atoms with Gasteiger partial charge in [-0.1, -0.05) is 0 Å². The van der Waals surface area contributed by atoms with Gasteiger partial charge >= 0.3 is 0 Å². The number of hydrogen-bond donors (Lipinski definition) is 2. The van der Waals surface area contributed by atoms with Crippen molar-refractivity contribution >= 4 is 5.71 Å². The number of nitrogens with zero attached hydrogens (tertiary/aromatic N) is 1. The van der Waals surface area contributed by atoms with Crippen molar-refractivity contribution in [1.82, 2.24) is 0 Å². The third kappa shape index (κ3) is 1.39. The van der Waals surface area contributed by atoms with Gasteiger partial charge in [0.15, 0.2) is 0 Å². The molecule has 0 heterocycles. The lowest BCUT2D eigenvalue weighted by Gasteiger charge is -2.39. The zero-order valence-corrected chi connectivity index (χ0v) is 8.74. The van der Waals surface area contributed by atoms with Gasteiger partial charge in [0.05, 0.1) is 12.2 Å². The molecule has 0 saturated heterocycles. The van der Waals surface area contributed by atoms with Gasteiger partial charge in [-0.2, -0.15) is 0 Å². The molecule has 2 rings (SSSR count). The average molecular weight is 197 g/mol. The number of aliphatic hydroxyl groups excluding tert-OH is 2. The van der Waals surface area contributed by atoms with Crippen LogP contribution in [0.4, 0.5) is 0 Å². The standard InChI is InChI=1S/C11H19NO2/c1-12-8-4-6-11(7-5-8)9(13)2-3-10(11)14/h9-10,13-14H,2-7H2,1H3. The normalized spacial score (nSPS) is 43.2. The van der Waals surface area contributed by atoms with Gasteiger partial charge in [-0.15, -0.1) is 0 Å². The number of aliphatic imine (C=N–C) groups is 1. The van der Waals surface area contributed by atoms with Crippen molar-refractivity contribution in [1.29, 1.82) is 0 Å². The van der Waals surface area contributed by atoms with Crippen LogP contribution in [0.1, 0.15) is 38.5 Å². The van der Waals surface area contributed by atoms with Gasteiger partial charge in [0.25, 0.3) is 0 Å². The van der Waals surface area contributed by atoms with E-state index in [9.17, 15) is 10.2 Å². The second-order valence-electron chi connectivity index (χ2n) is 4.63. The summed E-state index contributed by atoms with van der Waals surface area (Å²) in [7, 11) is 1.83. The Balaban J connectivity index is 2.11. The van der Waals surface area contributed by atoms with E-state index in [2.05, 4.69) is 4.99 Å². The molecule has 0 amide bonds. The van der Waals surface area contributed by atoms with Crippen LogP contribution in [-0.4, -0.2) is 35.2 Å². The fourth-order valence-corrected chi connectivity index (χ4v) is 3.01. The lowest BCUT2D eigenvalue weighted by atomic mass is 9.69. The molecule has 0 aromatic carbocycles. The third-order valence-corrected chi connectivity index (χ3v) is 4.12. The first-order valence-corrected chi connectivity index (χ1v) is 5.50. The SMILES string of the molecule is CN=C1CCC2(CC1)C(O)CCC2O. The molecule has 0 bridgehead atoms. The van der Waals surface area contributed by atoms with Gasteiger partial charge in [0.2, 0.25) is 0 Å². The van der Waals surface area contributed by atoms with E-state index in [1.165, 1.54) is 5.71 Å². The summed E-state index contributed by atoms with van der Waals surface area (Å²) in [5.74, 6) is 0. The smallest absolute Gasteiger partial charge is 0.0622 e. The van der Waals surface area contributed by atoms with Crippen LogP contribution in [-0.2, 0) is 0 Å². The van der Waals surface area contributed by atoms with Crippen molar-refractivity contribution in [3.05, 3.63) is 0 Å². The van der Waals surface area contributed by atoms with E-state index in [0.717, 1.165) is 38.5 Å². The van der Waals surface area contributed by atoms with E-state index in [4.69, 9.17) is 0 Å². The van der Waals surface area contributed by atoms with Crippen molar-refractivity contribution in [3.63, 3.8) is 0 Å². The van der Waals surface area contributed by atoms with Gasteiger partial charge in [0.1, 0.15) is 0 Å². The second-order valence-corrected chi connectivity index (χ2v) is 4.63. The number of aliphatic hydroxyl groups is 2. The zero-order chi connectivity index (χ0) is 10.2. The van der Waals surface area contributed by atoms with Gasteiger partial charge in [-0.05, 0) is 38.5 Å². The topological polar surface area (TPSA) is 52.8 Å². The Bertz CT molecular complexity index is 228. The van der Waals surface area contributed by atoms with Crippen LogP contribution in [0, 0.1) is 5.41 Å². The Morgan fingerprint density at radius 1 is 1.14 bits per heavy atom. The maximum Gasteiger partial charge on any atom is 0.0622 e. The van der Waals surface area contributed by atoms with Gasteiger partial charge in [-0.25, -0.2) is 0 Å². The summed E-state index contributed by atoms with van der Waals surface area (Å²) in [5, 5.41) is 19.9. The van der Waals surface area contributed by atoms with E-state index in [1.807, 2.05) is 7.05 Å².